The van der Waals surface area contributed by atoms with Crippen molar-refractivity contribution in [1.29, 1.82) is 0 Å². The lowest BCUT2D eigenvalue weighted by Gasteiger charge is -2.25. The number of imidazole rings is 1. The molecule has 4 aromatic rings. The van der Waals surface area contributed by atoms with Crippen molar-refractivity contribution in [3.63, 3.8) is 0 Å². The summed E-state index contributed by atoms with van der Waals surface area (Å²) in [6, 6.07) is 18.9. The first-order valence-electron chi connectivity index (χ1n) is 11.1. The number of benzene rings is 2. The first kappa shape index (κ1) is 20.5. The van der Waals surface area contributed by atoms with E-state index in [0.29, 0.717) is 17.7 Å². The van der Waals surface area contributed by atoms with E-state index in [2.05, 4.69) is 36.4 Å². The quantitative estimate of drug-likeness (QED) is 0.510. The van der Waals surface area contributed by atoms with Gasteiger partial charge in [-0.05, 0) is 17.5 Å². The third kappa shape index (κ3) is 3.58. The summed E-state index contributed by atoms with van der Waals surface area (Å²) in [4.78, 5) is 31.8. The summed E-state index contributed by atoms with van der Waals surface area (Å²) >= 11 is 0. The molecule has 0 saturated heterocycles. The van der Waals surface area contributed by atoms with Crippen molar-refractivity contribution in [2.75, 3.05) is 6.54 Å². The molecule has 3 heterocycles. The van der Waals surface area contributed by atoms with Crippen molar-refractivity contribution in [2.45, 2.75) is 32.5 Å². The molecule has 164 valence electrons. The molecule has 7 heteroatoms. The summed E-state index contributed by atoms with van der Waals surface area (Å²) in [5.74, 6) is 0.864. The number of hydrogen-bond donors (Lipinski definition) is 1. The summed E-state index contributed by atoms with van der Waals surface area (Å²) in [6.07, 6.45) is 1.83. The van der Waals surface area contributed by atoms with Crippen molar-refractivity contribution in [1.82, 2.24) is 18.7 Å². The highest BCUT2D eigenvalue weighted by atomic mass is 16.2. The van der Waals surface area contributed by atoms with Crippen LogP contribution in [0.25, 0.3) is 11.2 Å². The summed E-state index contributed by atoms with van der Waals surface area (Å²) in [6.45, 7) is 3.33. The highest BCUT2D eigenvalue weighted by Crippen LogP contribution is 2.14. The molecule has 0 aliphatic carbocycles. The summed E-state index contributed by atoms with van der Waals surface area (Å²) < 4.78 is 4.70. The van der Waals surface area contributed by atoms with Crippen LogP contribution in [0.2, 0.25) is 0 Å². The molecule has 1 atom stereocenters. The molecule has 0 fully saturated rings. The van der Waals surface area contributed by atoms with Gasteiger partial charge in [-0.15, -0.1) is 0 Å². The van der Waals surface area contributed by atoms with E-state index in [-0.39, 0.29) is 11.2 Å². The van der Waals surface area contributed by atoms with Gasteiger partial charge in [-0.25, -0.2) is 9.78 Å². The number of quaternary nitrogens is 1. The van der Waals surface area contributed by atoms with Crippen LogP contribution in [0.3, 0.4) is 0 Å². The van der Waals surface area contributed by atoms with Gasteiger partial charge in [0, 0.05) is 32.6 Å². The Morgan fingerprint density at radius 2 is 1.66 bits per heavy atom. The van der Waals surface area contributed by atoms with E-state index in [9.17, 15) is 9.59 Å². The molecule has 7 nitrogen and oxygen atoms in total. The lowest BCUT2D eigenvalue weighted by Crippen LogP contribution is -3.10. The van der Waals surface area contributed by atoms with Crippen LogP contribution in [-0.4, -0.2) is 25.2 Å². The number of hydrogen-bond acceptors (Lipinski definition) is 3. The molecule has 0 radical (unpaired) electrons. The number of nitrogens with zero attached hydrogens (tertiary/aromatic N) is 4. The largest absolute Gasteiger partial charge is 0.332 e. The topological polar surface area (TPSA) is 66.3 Å². The number of aryl methyl sites for hydroxylation is 3. The minimum atomic E-state index is -0.346. The van der Waals surface area contributed by atoms with Crippen LogP contribution in [0.1, 0.15) is 22.5 Å². The number of aromatic nitrogens is 4. The van der Waals surface area contributed by atoms with E-state index in [4.69, 9.17) is 4.98 Å². The minimum absolute atomic E-state index is 0.283. The molecule has 32 heavy (non-hydrogen) atoms. The van der Waals surface area contributed by atoms with E-state index >= 15 is 0 Å². The Morgan fingerprint density at radius 3 is 2.44 bits per heavy atom. The van der Waals surface area contributed by atoms with Crippen molar-refractivity contribution >= 4 is 11.2 Å². The van der Waals surface area contributed by atoms with Gasteiger partial charge >= 0.3 is 5.69 Å². The zero-order valence-electron chi connectivity index (χ0n) is 18.5. The van der Waals surface area contributed by atoms with Crippen molar-refractivity contribution in [3.8, 4) is 0 Å². The Bertz CT molecular complexity index is 1400. The Kier molecular flexibility index (Phi) is 5.27. The molecule has 1 aliphatic rings. The SMILES string of the molecule is Cn1c(=O)c2c(nc(C[NH+]3CCc4ccccc4C3)n2CCc2ccccc2)n(C)c1=O. The van der Waals surface area contributed by atoms with Crippen molar-refractivity contribution in [3.05, 3.63) is 98.0 Å². The molecule has 1 aliphatic heterocycles. The smallest absolute Gasteiger partial charge is 0.325 e. The molecule has 0 bridgehead atoms. The van der Waals surface area contributed by atoms with Crippen LogP contribution in [-0.2, 0) is 46.6 Å². The third-order valence-corrected chi connectivity index (χ3v) is 6.61. The average Bonchev–Trinajstić information content (AvgIpc) is 3.18. The number of fused-ring (bicyclic) bond motifs is 2. The minimum Gasteiger partial charge on any atom is -0.325 e. The second kappa shape index (κ2) is 8.24. The molecule has 2 aromatic heterocycles. The van der Waals surface area contributed by atoms with E-state index < -0.39 is 0 Å². The third-order valence-electron chi connectivity index (χ3n) is 6.61. The second-order valence-electron chi connectivity index (χ2n) is 8.67. The van der Waals surface area contributed by atoms with E-state index in [0.717, 1.165) is 38.3 Å². The Morgan fingerprint density at radius 1 is 0.938 bits per heavy atom. The lowest BCUT2D eigenvalue weighted by molar-refractivity contribution is -0.930. The zero-order chi connectivity index (χ0) is 22.2. The van der Waals surface area contributed by atoms with Crippen LogP contribution in [0.15, 0.2) is 64.2 Å². The first-order chi connectivity index (χ1) is 15.5. The monoisotopic (exact) mass is 430 g/mol. The van der Waals surface area contributed by atoms with E-state index in [1.165, 1.54) is 37.8 Å². The van der Waals surface area contributed by atoms with Gasteiger partial charge in [0.15, 0.2) is 17.0 Å². The number of nitrogens with one attached hydrogen (secondary N) is 1. The zero-order valence-corrected chi connectivity index (χ0v) is 18.5. The normalized spacial score (nSPS) is 15.8. The standard InChI is InChI=1S/C25H27N5O2/c1-27-23-22(24(31)28(2)25(27)32)30(15-12-18-8-4-3-5-9-18)21(26-23)17-29-14-13-19-10-6-7-11-20(19)16-29/h3-11H,12-17H2,1-2H3/p+1. The predicted molar refractivity (Wildman–Crippen MR) is 124 cm³/mol. The van der Waals surface area contributed by atoms with Crippen molar-refractivity contribution in [2.24, 2.45) is 14.1 Å². The first-order valence-corrected chi connectivity index (χ1v) is 11.1. The molecule has 5 rings (SSSR count). The average molecular weight is 431 g/mol. The van der Waals surface area contributed by atoms with Gasteiger partial charge in [0.25, 0.3) is 5.56 Å². The molecular formula is C25H28N5O2+. The van der Waals surface area contributed by atoms with Gasteiger partial charge in [-0.3, -0.25) is 13.9 Å². The second-order valence-corrected chi connectivity index (χ2v) is 8.67. The molecule has 1 unspecified atom stereocenters. The maximum Gasteiger partial charge on any atom is 0.332 e. The van der Waals surface area contributed by atoms with Crippen LogP contribution >= 0.6 is 0 Å². The highest BCUT2D eigenvalue weighted by molar-refractivity contribution is 5.71. The van der Waals surface area contributed by atoms with Gasteiger partial charge in [-0.2, -0.15) is 0 Å². The van der Waals surface area contributed by atoms with Gasteiger partial charge in [0.05, 0.1) is 6.54 Å². The summed E-state index contributed by atoms with van der Waals surface area (Å²) in [5, 5.41) is 0. The molecule has 0 saturated carbocycles. The van der Waals surface area contributed by atoms with E-state index in [1.807, 2.05) is 22.8 Å². The van der Waals surface area contributed by atoms with Gasteiger partial charge in [-0.1, -0.05) is 54.6 Å². The van der Waals surface area contributed by atoms with Gasteiger partial charge in [0.1, 0.15) is 13.1 Å². The van der Waals surface area contributed by atoms with Gasteiger partial charge < -0.3 is 9.47 Å². The van der Waals surface area contributed by atoms with Crippen LogP contribution in [0.5, 0.6) is 0 Å². The maximum atomic E-state index is 13.1. The van der Waals surface area contributed by atoms with E-state index in [1.54, 1.807) is 7.05 Å². The highest BCUT2D eigenvalue weighted by Gasteiger charge is 2.24. The lowest BCUT2D eigenvalue weighted by atomic mass is 10.00. The summed E-state index contributed by atoms with van der Waals surface area (Å²) in [7, 11) is 3.22. The predicted octanol–water partition coefficient (Wildman–Crippen LogP) is 0.818. The Balaban J connectivity index is 1.55. The Labute approximate surface area is 186 Å². The molecule has 2 aromatic carbocycles. The maximum absolute atomic E-state index is 13.1. The summed E-state index contributed by atoms with van der Waals surface area (Å²) in [5.41, 5.74) is 4.36. The molecule has 0 spiro atoms. The molecule has 0 amide bonds. The van der Waals surface area contributed by atoms with Crippen LogP contribution in [0, 0.1) is 0 Å². The Hall–Kier alpha value is -3.45. The van der Waals surface area contributed by atoms with Gasteiger partial charge in [0.2, 0.25) is 0 Å². The van der Waals surface area contributed by atoms with Crippen molar-refractivity contribution < 1.29 is 4.90 Å². The number of rotatable bonds is 5. The fraction of sp³-hybridized carbons (Fsp3) is 0.320. The molecule has 1 N–H and O–H groups in total. The molecular weight excluding hydrogens is 402 g/mol. The van der Waals surface area contributed by atoms with Crippen LogP contribution in [0.4, 0.5) is 0 Å². The fourth-order valence-electron chi connectivity index (χ4n) is 4.77. The van der Waals surface area contributed by atoms with Crippen LogP contribution < -0.4 is 16.1 Å². The fourth-order valence-corrected chi connectivity index (χ4v) is 4.77.